The van der Waals surface area contributed by atoms with Gasteiger partial charge in [-0.2, -0.15) is 0 Å². The second-order valence-corrected chi connectivity index (χ2v) is 10.3. The van der Waals surface area contributed by atoms with E-state index in [0.29, 0.717) is 32.4 Å². The number of Topliss-reactive ketones (excluding diaryl/α,β-unsaturated/α-hetero) is 2. The smallest absolute Gasteiger partial charge is 0.240 e. The van der Waals surface area contributed by atoms with E-state index in [9.17, 15) is 19.2 Å². The lowest BCUT2D eigenvalue weighted by molar-refractivity contribution is -0.123. The summed E-state index contributed by atoms with van der Waals surface area (Å²) in [6.45, 7) is 0. The second-order valence-electron chi connectivity index (χ2n) is 9.43. The molecule has 0 aliphatic carbocycles. The van der Waals surface area contributed by atoms with Gasteiger partial charge in [0.15, 0.2) is 11.6 Å². The zero-order valence-corrected chi connectivity index (χ0v) is 21.3. The van der Waals surface area contributed by atoms with E-state index in [2.05, 4.69) is 0 Å². The zero-order valence-electron chi connectivity index (χ0n) is 19.8. The number of ketones is 2. The standard InChI is InChI=1S/C30H20Cl2N2O4/c31-20-11-9-18(10-12-20)28(36)26-25-24(29(37)34(30(25)38)22-8-4-7-21(32)16-22)23-15-19(13-14-33(23)26)27(35)17-5-2-1-3-6-17/h1-16,23-26H/t23-,24+,25-,26-/m1/s1. The molecule has 188 valence electrons. The molecule has 0 aromatic heterocycles. The van der Waals surface area contributed by atoms with E-state index in [1.807, 2.05) is 6.07 Å². The van der Waals surface area contributed by atoms with Crippen LogP contribution in [-0.2, 0) is 9.59 Å². The topological polar surface area (TPSA) is 74.8 Å². The lowest BCUT2D eigenvalue weighted by Gasteiger charge is -2.32. The van der Waals surface area contributed by atoms with Gasteiger partial charge in [-0.25, -0.2) is 4.90 Å². The monoisotopic (exact) mass is 542 g/mol. The van der Waals surface area contributed by atoms with Crippen LogP contribution in [0.5, 0.6) is 0 Å². The third kappa shape index (κ3) is 3.88. The normalized spacial score (nSPS) is 23.8. The van der Waals surface area contributed by atoms with Crippen molar-refractivity contribution in [2.45, 2.75) is 12.1 Å². The van der Waals surface area contributed by atoms with E-state index in [4.69, 9.17) is 23.2 Å². The van der Waals surface area contributed by atoms with Crippen LogP contribution in [-0.4, -0.2) is 40.4 Å². The third-order valence-electron chi connectivity index (χ3n) is 7.31. The summed E-state index contributed by atoms with van der Waals surface area (Å²) >= 11 is 12.2. The van der Waals surface area contributed by atoms with Gasteiger partial charge in [0.05, 0.1) is 23.6 Å². The molecule has 6 rings (SSSR count). The number of rotatable bonds is 5. The van der Waals surface area contributed by atoms with Crippen LogP contribution in [0.1, 0.15) is 20.7 Å². The van der Waals surface area contributed by atoms with Gasteiger partial charge in [0.2, 0.25) is 11.8 Å². The van der Waals surface area contributed by atoms with Crippen LogP contribution in [0.25, 0.3) is 0 Å². The molecule has 0 saturated carbocycles. The third-order valence-corrected chi connectivity index (χ3v) is 7.80. The van der Waals surface area contributed by atoms with E-state index in [1.54, 1.807) is 96.0 Å². The van der Waals surface area contributed by atoms with Gasteiger partial charge in [0.25, 0.3) is 0 Å². The van der Waals surface area contributed by atoms with Crippen LogP contribution >= 0.6 is 23.2 Å². The van der Waals surface area contributed by atoms with Crippen LogP contribution < -0.4 is 4.90 Å². The lowest BCUT2D eigenvalue weighted by atomic mass is 9.85. The van der Waals surface area contributed by atoms with Crippen molar-refractivity contribution in [3.8, 4) is 0 Å². The minimum absolute atomic E-state index is 0.200. The molecule has 2 saturated heterocycles. The van der Waals surface area contributed by atoms with Gasteiger partial charge in [-0.3, -0.25) is 19.2 Å². The van der Waals surface area contributed by atoms with Gasteiger partial charge in [-0.15, -0.1) is 0 Å². The molecule has 0 N–H and O–H groups in total. The summed E-state index contributed by atoms with van der Waals surface area (Å²) in [5, 5.41) is 0.861. The molecule has 3 aliphatic heterocycles. The quantitative estimate of drug-likeness (QED) is 0.320. The number of fused-ring (bicyclic) bond motifs is 3. The minimum atomic E-state index is -0.943. The Bertz CT molecular complexity index is 1550. The van der Waals surface area contributed by atoms with Gasteiger partial charge in [-0.05, 0) is 48.5 Å². The molecule has 3 heterocycles. The van der Waals surface area contributed by atoms with Gasteiger partial charge in [0.1, 0.15) is 6.04 Å². The SMILES string of the molecule is O=C(C1=C[C@@H]2[C@@H]3C(=O)N(c4cccc(Cl)c4)C(=O)[C@H]3[C@H](C(=O)c3ccc(Cl)cc3)N2C=C1)c1ccccc1. The Kier molecular flexibility index (Phi) is 6.01. The fourth-order valence-corrected chi connectivity index (χ4v) is 5.92. The summed E-state index contributed by atoms with van der Waals surface area (Å²) in [7, 11) is 0. The van der Waals surface area contributed by atoms with E-state index >= 15 is 0 Å². The molecule has 6 nitrogen and oxygen atoms in total. The highest BCUT2D eigenvalue weighted by atomic mass is 35.5. The summed E-state index contributed by atoms with van der Waals surface area (Å²) < 4.78 is 0. The number of amides is 2. The second kappa shape index (κ2) is 9.39. The van der Waals surface area contributed by atoms with Crippen molar-refractivity contribution in [1.82, 2.24) is 4.90 Å². The molecule has 4 atom stereocenters. The van der Waals surface area contributed by atoms with Crippen molar-refractivity contribution < 1.29 is 19.2 Å². The van der Waals surface area contributed by atoms with E-state index in [0.717, 1.165) is 4.90 Å². The van der Waals surface area contributed by atoms with Gasteiger partial charge in [0, 0.05) is 32.9 Å². The van der Waals surface area contributed by atoms with Crippen molar-refractivity contribution in [1.29, 1.82) is 0 Å². The van der Waals surface area contributed by atoms with Crippen molar-refractivity contribution in [3.63, 3.8) is 0 Å². The number of halogens is 2. The highest BCUT2D eigenvalue weighted by molar-refractivity contribution is 6.32. The molecule has 2 amide bonds. The summed E-state index contributed by atoms with van der Waals surface area (Å²) in [4.78, 5) is 57.6. The number of anilines is 1. The number of allylic oxidation sites excluding steroid dienone is 2. The molecule has 0 bridgehead atoms. The van der Waals surface area contributed by atoms with Crippen LogP contribution in [0.2, 0.25) is 10.0 Å². The molecule has 0 unspecified atom stereocenters. The predicted molar refractivity (Wildman–Crippen MR) is 144 cm³/mol. The first kappa shape index (κ1) is 24.3. The highest BCUT2D eigenvalue weighted by Crippen LogP contribution is 2.47. The zero-order chi connectivity index (χ0) is 26.6. The van der Waals surface area contributed by atoms with E-state index < -0.39 is 35.7 Å². The Morgan fingerprint density at radius 2 is 1.45 bits per heavy atom. The number of imide groups is 1. The summed E-state index contributed by atoms with van der Waals surface area (Å²) in [6, 6.07) is 20.2. The maximum absolute atomic E-state index is 13.8. The number of hydrogen-bond acceptors (Lipinski definition) is 5. The van der Waals surface area contributed by atoms with E-state index in [-0.39, 0.29) is 11.6 Å². The van der Waals surface area contributed by atoms with Crippen LogP contribution in [0, 0.1) is 11.8 Å². The average Bonchev–Trinajstić information content (AvgIpc) is 3.40. The van der Waals surface area contributed by atoms with Crippen molar-refractivity contribution in [3.05, 3.63) is 124 Å². The maximum Gasteiger partial charge on any atom is 0.240 e. The molecule has 3 aromatic rings. The molecule has 2 fully saturated rings. The van der Waals surface area contributed by atoms with Crippen LogP contribution in [0.15, 0.2) is 103 Å². The lowest BCUT2D eigenvalue weighted by Crippen LogP contribution is -2.46. The maximum atomic E-state index is 13.8. The summed E-state index contributed by atoms with van der Waals surface area (Å²) in [6.07, 6.45) is 5.00. The number of benzene rings is 3. The largest absolute Gasteiger partial charge is 0.359 e. The molecule has 0 radical (unpaired) electrons. The Morgan fingerprint density at radius 3 is 2.16 bits per heavy atom. The number of carbonyl (C=O) groups is 4. The molecular weight excluding hydrogens is 523 g/mol. The first-order chi connectivity index (χ1) is 18.3. The number of nitrogens with zero attached hydrogens (tertiary/aromatic N) is 2. The molecular formula is C30H20Cl2N2O4. The minimum Gasteiger partial charge on any atom is -0.359 e. The van der Waals surface area contributed by atoms with Gasteiger partial charge in [-0.1, -0.05) is 65.7 Å². The number of hydrogen-bond donors (Lipinski definition) is 0. The molecule has 8 heteroatoms. The highest BCUT2D eigenvalue weighted by Gasteiger charge is 2.63. The predicted octanol–water partition coefficient (Wildman–Crippen LogP) is 5.37. The first-order valence-electron chi connectivity index (χ1n) is 12.1. The molecule has 38 heavy (non-hydrogen) atoms. The van der Waals surface area contributed by atoms with Crippen LogP contribution in [0.3, 0.4) is 0 Å². The van der Waals surface area contributed by atoms with Crippen molar-refractivity contribution in [2.24, 2.45) is 11.8 Å². The number of carbonyl (C=O) groups excluding carboxylic acids is 4. The molecule has 3 aromatic carbocycles. The Balaban J connectivity index is 1.44. The van der Waals surface area contributed by atoms with Crippen molar-refractivity contribution in [2.75, 3.05) is 4.90 Å². The fourth-order valence-electron chi connectivity index (χ4n) is 5.61. The van der Waals surface area contributed by atoms with Gasteiger partial charge >= 0.3 is 0 Å². The Hall–Kier alpha value is -4.00. The first-order valence-corrected chi connectivity index (χ1v) is 12.8. The fraction of sp³-hybridized carbons (Fsp3) is 0.133. The Labute approximate surface area is 228 Å². The summed E-state index contributed by atoms with van der Waals surface area (Å²) in [5.74, 6) is -3.20. The van der Waals surface area contributed by atoms with Crippen molar-refractivity contribution >= 4 is 52.3 Å². The Morgan fingerprint density at radius 1 is 0.737 bits per heavy atom. The molecule has 3 aliphatic rings. The molecule has 0 spiro atoms. The average molecular weight is 543 g/mol. The summed E-state index contributed by atoms with van der Waals surface area (Å²) in [5.41, 5.74) is 1.64. The van der Waals surface area contributed by atoms with Gasteiger partial charge < -0.3 is 4.90 Å². The van der Waals surface area contributed by atoms with E-state index in [1.165, 1.54) is 0 Å². The van der Waals surface area contributed by atoms with Crippen LogP contribution in [0.4, 0.5) is 5.69 Å².